The Labute approximate surface area is 149 Å². The minimum absolute atomic E-state index is 0.197. The number of carbonyl (C=O) groups excluding carboxylic acids is 1. The van der Waals surface area contributed by atoms with Gasteiger partial charge in [-0.3, -0.25) is 9.79 Å². The van der Waals surface area contributed by atoms with Crippen LogP contribution in [-0.2, 0) is 0 Å². The van der Waals surface area contributed by atoms with Gasteiger partial charge in [-0.05, 0) is 24.3 Å². The number of amides is 1. The molecule has 0 saturated heterocycles. The lowest BCUT2D eigenvalue weighted by Crippen LogP contribution is -2.22. The minimum Gasteiger partial charge on any atom is -0.494 e. The van der Waals surface area contributed by atoms with Gasteiger partial charge < -0.3 is 15.4 Å². The number of hydrogen-bond donors (Lipinski definition) is 2. The van der Waals surface area contributed by atoms with Crippen LogP contribution in [0.3, 0.4) is 0 Å². The van der Waals surface area contributed by atoms with E-state index in [2.05, 4.69) is 15.6 Å². The first-order valence-corrected chi connectivity index (χ1v) is 8.08. The number of ether oxygens (including phenoxy) is 1. The van der Waals surface area contributed by atoms with Gasteiger partial charge in [0.25, 0.3) is 5.91 Å². The molecule has 0 bridgehead atoms. The first kappa shape index (κ1) is 16.6. The Kier molecular flexibility index (Phi) is 4.92. The molecule has 2 aromatic carbocycles. The normalized spacial score (nSPS) is 13.2. The molecule has 1 aliphatic heterocycles. The summed E-state index contributed by atoms with van der Waals surface area (Å²) in [4.78, 5) is 17.1. The number of aliphatic imine (C=N–C) groups is 1. The number of benzene rings is 2. The summed E-state index contributed by atoms with van der Waals surface area (Å²) in [6.45, 7) is 1.50. The van der Waals surface area contributed by atoms with Crippen LogP contribution >= 0.6 is 23.2 Å². The molecule has 24 heavy (non-hydrogen) atoms. The second-order valence-electron chi connectivity index (χ2n) is 5.09. The second-order valence-corrected chi connectivity index (χ2v) is 5.91. The first-order valence-electron chi connectivity index (χ1n) is 7.33. The molecule has 1 aliphatic rings. The summed E-state index contributed by atoms with van der Waals surface area (Å²) < 4.78 is 5.23. The first-order chi connectivity index (χ1) is 11.6. The number of nitrogens with zero attached hydrogens (tertiary/aromatic N) is 1. The molecule has 1 amide bonds. The minimum atomic E-state index is -0.398. The Bertz CT molecular complexity index is 821. The van der Waals surface area contributed by atoms with Crippen molar-refractivity contribution in [3.05, 3.63) is 57.6 Å². The van der Waals surface area contributed by atoms with Crippen molar-refractivity contribution >= 4 is 40.6 Å². The lowest BCUT2D eigenvalue weighted by molar-refractivity contribution is 0.102. The number of para-hydroxylation sites is 1. The third-order valence-corrected chi connectivity index (χ3v) is 4.21. The highest BCUT2D eigenvalue weighted by atomic mass is 35.5. The maximum Gasteiger partial charge on any atom is 0.261 e. The van der Waals surface area contributed by atoms with Crippen LogP contribution in [0.2, 0.25) is 10.0 Å². The van der Waals surface area contributed by atoms with Crippen LogP contribution in [0.15, 0.2) is 41.4 Å². The largest absolute Gasteiger partial charge is 0.494 e. The number of halogens is 2. The lowest BCUT2D eigenvalue weighted by Gasteiger charge is -2.14. The Morgan fingerprint density at radius 1 is 1.21 bits per heavy atom. The SMILES string of the molecule is COc1c(Cl)ccc(Cl)c1C(=O)Nc1ccccc1C1=NCCN1. The maximum atomic E-state index is 12.7. The van der Waals surface area contributed by atoms with E-state index >= 15 is 0 Å². The Morgan fingerprint density at radius 2 is 1.96 bits per heavy atom. The van der Waals surface area contributed by atoms with E-state index in [-0.39, 0.29) is 16.3 Å². The fourth-order valence-corrected chi connectivity index (χ4v) is 2.98. The van der Waals surface area contributed by atoms with Crippen LogP contribution in [0.5, 0.6) is 5.75 Å². The number of rotatable bonds is 4. The third kappa shape index (κ3) is 3.18. The fourth-order valence-electron chi connectivity index (χ4n) is 2.51. The van der Waals surface area contributed by atoms with Crippen molar-refractivity contribution in [3.8, 4) is 5.75 Å². The van der Waals surface area contributed by atoms with Crippen LogP contribution < -0.4 is 15.4 Å². The zero-order valence-corrected chi connectivity index (χ0v) is 14.4. The molecular formula is C17H15Cl2N3O2. The van der Waals surface area contributed by atoms with Gasteiger partial charge in [-0.25, -0.2) is 0 Å². The molecule has 2 aromatic rings. The van der Waals surface area contributed by atoms with Crippen molar-refractivity contribution in [2.24, 2.45) is 4.99 Å². The van der Waals surface area contributed by atoms with Gasteiger partial charge >= 0.3 is 0 Å². The number of carbonyl (C=O) groups is 1. The summed E-state index contributed by atoms with van der Waals surface area (Å²) in [6.07, 6.45) is 0. The summed E-state index contributed by atoms with van der Waals surface area (Å²) in [5.41, 5.74) is 1.65. The Morgan fingerprint density at radius 3 is 2.67 bits per heavy atom. The average Bonchev–Trinajstić information content (AvgIpc) is 3.11. The van der Waals surface area contributed by atoms with E-state index in [0.717, 1.165) is 17.9 Å². The van der Waals surface area contributed by atoms with Crippen molar-refractivity contribution in [3.63, 3.8) is 0 Å². The standard InChI is InChI=1S/C17H15Cl2N3O2/c1-24-15-12(19)7-6-11(18)14(15)17(23)22-13-5-3-2-4-10(13)16-20-8-9-21-16/h2-7H,8-9H2,1H3,(H,20,21)(H,22,23). The molecule has 0 aliphatic carbocycles. The molecule has 3 rings (SSSR count). The molecule has 2 N–H and O–H groups in total. The quantitative estimate of drug-likeness (QED) is 0.871. The van der Waals surface area contributed by atoms with Gasteiger partial charge in [0.1, 0.15) is 11.4 Å². The average molecular weight is 364 g/mol. The monoisotopic (exact) mass is 363 g/mol. The summed E-state index contributed by atoms with van der Waals surface area (Å²) in [5.74, 6) is 0.607. The smallest absolute Gasteiger partial charge is 0.261 e. The number of anilines is 1. The van der Waals surface area contributed by atoms with Crippen molar-refractivity contribution in [1.29, 1.82) is 0 Å². The Hall–Kier alpha value is -2.24. The van der Waals surface area contributed by atoms with Crippen LogP contribution in [0, 0.1) is 0 Å². The van der Waals surface area contributed by atoms with E-state index in [1.165, 1.54) is 7.11 Å². The second kappa shape index (κ2) is 7.11. The van der Waals surface area contributed by atoms with E-state index in [1.807, 2.05) is 18.2 Å². The van der Waals surface area contributed by atoms with Gasteiger partial charge in [-0.2, -0.15) is 0 Å². The fraction of sp³-hybridized carbons (Fsp3) is 0.176. The third-order valence-electron chi connectivity index (χ3n) is 3.59. The molecule has 5 nitrogen and oxygen atoms in total. The summed E-state index contributed by atoms with van der Waals surface area (Å²) in [5, 5.41) is 6.65. The summed E-state index contributed by atoms with van der Waals surface area (Å²) in [7, 11) is 1.44. The number of nitrogens with one attached hydrogen (secondary N) is 2. The summed E-state index contributed by atoms with van der Waals surface area (Å²) >= 11 is 12.3. The molecule has 0 fully saturated rings. The molecular weight excluding hydrogens is 349 g/mol. The van der Waals surface area contributed by atoms with Crippen LogP contribution in [-0.4, -0.2) is 31.9 Å². The molecule has 0 spiro atoms. The molecule has 0 unspecified atom stereocenters. The van der Waals surface area contributed by atoms with Gasteiger partial charge in [0.2, 0.25) is 0 Å². The van der Waals surface area contributed by atoms with E-state index in [0.29, 0.717) is 17.3 Å². The zero-order valence-electron chi connectivity index (χ0n) is 12.9. The predicted molar refractivity (Wildman–Crippen MR) is 96.8 cm³/mol. The Balaban J connectivity index is 1.96. The molecule has 0 atom stereocenters. The van der Waals surface area contributed by atoms with Gasteiger partial charge in [0.05, 0.1) is 29.4 Å². The van der Waals surface area contributed by atoms with Crippen molar-refractivity contribution in [2.45, 2.75) is 0 Å². The highest BCUT2D eigenvalue weighted by molar-refractivity contribution is 6.37. The highest BCUT2D eigenvalue weighted by Gasteiger charge is 2.21. The summed E-state index contributed by atoms with van der Waals surface area (Å²) in [6, 6.07) is 10.6. The number of amidine groups is 1. The van der Waals surface area contributed by atoms with Gasteiger partial charge in [-0.1, -0.05) is 35.3 Å². The van der Waals surface area contributed by atoms with Crippen LogP contribution in [0.4, 0.5) is 5.69 Å². The topological polar surface area (TPSA) is 62.7 Å². The van der Waals surface area contributed by atoms with E-state index in [9.17, 15) is 4.79 Å². The molecule has 0 aromatic heterocycles. The molecule has 1 heterocycles. The molecule has 0 radical (unpaired) electrons. The lowest BCUT2D eigenvalue weighted by atomic mass is 10.1. The maximum absolute atomic E-state index is 12.7. The van der Waals surface area contributed by atoms with Crippen molar-refractivity contribution in [1.82, 2.24) is 5.32 Å². The molecule has 7 heteroatoms. The van der Waals surface area contributed by atoms with E-state index in [4.69, 9.17) is 27.9 Å². The molecule has 124 valence electrons. The van der Waals surface area contributed by atoms with Gasteiger partial charge in [0, 0.05) is 12.1 Å². The van der Waals surface area contributed by atoms with Gasteiger partial charge in [-0.15, -0.1) is 0 Å². The van der Waals surface area contributed by atoms with Crippen molar-refractivity contribution in [2.75, 3.05) is 25.5 Å². The van der Waals surface area contributed by atoms with Crippen molar-refractivity contribution < 1.29 is 9.53 Å². The zero-order chi connectivity index (χ0) is 17.1. The number of methoxy groups -OCH3 is 1. The van der Waals surface area contributed by atoms with E-state index in [1.54, 1.807) is 18.2 Å². The van der Waals surface area contributed by atoms with Gasteiger partial charge in [0.15, 0.2) is 5.75 Å². The number of hydrogen-bond acceptors (Lipinski definition) is 4. The van der Waals surface area contributed by atoms with E-state index < -0.39 is 5.91 Å². The molecule has 0 saturated carbocycles. The van der Waals surface area contributed by atoms with Crippen LogP contribution in [0.25, 0.3) is 0 Å². The predicted octanol–water partition coefficient (Wildman–Crippen LogP) is 3.60. The van der Waals surface area contributed by atoms with Crippen LogP contribution in [0.1, 0.15) is 15.9 Å². The highest BCUT2D eigenvalue weighted by Crippen LogP contribution is 2.34.